The van der Waals surface area contributed by atoms with Crippen LogP contribution in [0.3, 0.4) is 0 Å². The van der Waals surface area contributed by atoms with Gasteiger partial charge >= 0.3 is 0 Å². The molecule has 0 fully saturated rings. The van der Waals surface area contributed by atoms with Gasteiger partial charge < -0.3 is 5.32 Å². The third-order valence-electron chi connectivity index (χ3n) is 5.39. The molecule has 0 bridgehead atoms. The summed E-state index contributed by atoms with van der Waals surface area (Å²) in [6.45, 7) is 2.14. The minimum absolute atomic E-state index is 0.0196. The number of allylic oxidation sites excluding steroid dienone is 2. The van der Waals surface area contributed by atoms with Gasteiger partial charge in [-0.1, -0.05) is 54.9 Å². The van der Waals surface area contributed by atoms with Gasteiger partial charge in [0.25, 0.3) is 5.69 Å². The van der Waals surface area contributed by atoms with Crippen LogP contribution in [-0.2, 0) is 6.42 Å². The van der Waals surface area contributed by atoms with Gasteiger partial charge in [-0.05, 0) is 36.0 Å². The molecule has 0 spiro atoms. The number of halogens is 1. The quantitative estimate of drug-likeness (QED) is 0.441. The van der Waals surface area contributed by atoms with E-state index in [9.17, 15) is 10.1 Å². The maximum Gasteiger partial charge on any atom is 0.275 e. The number of nitrogens with one attached hydrogen (secondary N) is 1. The van der Waals surface area contributed by atoms with E-state index in [4.69, 9.17) is 11.6 Å². The first kappa shape index (κ1) is 16.2. The first-order chi connectivity index (χ1) is 12.1. The van der Waals surface area contributed by atoms with Gasteiger partial charge in [0.2, 0.25) is 0 Å². The molecule has 0 amide bonds. The summed E-state index contributed by atoms with van der Waals surface area (Å²) in [6.07, 6.45) is 6.14. The maximum absolute atomic E-state index is 11.5. The van der Waals surface area contributed by atoms with E-state index in [0.717, 1.165) is 18.4 Å². The van der Waals surface area contributed by atoms with E-state index >= 15 is 0 Å². The predicted octanol–water partition coefficient (Wildman–Crippen LogP) is 5.64. The lowest BCUT2D eigenvalue weighted by Crippen LogP contribution is -2.29. The largest absolute Gasteiger partial charge is 0.376 e. The van der Waals surface area contributed by atoms with Crippen molar-refractivity contribution in [1.82, 2.24) is 0 Å². The van der Waals surface area contributed by atoms with Crippen molar-refractivity contribution in [1.29, 1.82) is 0 Å². The number of nitrogens with zero attached hydrogens (tertiary/aromatic N) is 1. The van der Waals surface area contributed by atoms with Crippen LogP contribution in [0, 0.1) is 16.0 Å². The molecule has 0 saturated carbocycles. The normalized spacial score (nSPS) is 23.7. The number of rotatable bonds is 3. The minimum atomic E-state index is -0.309. The molecule has 4 rings (SSSR count). The van der Waals surface area contributed by atoms with E-state index < -0.39 is 0 Å². The van der Waals surface area contributed by atoms with Crippen LogP contribution in [-0.4, -0.2) is 4.92 Å². The maximum atomic E-state index is 11.5. The molecule has 1 aliphatic heterocycles. The monoisotopic (exact) mass is 354 g/mol. The minimum Gasteiger partial charge on any atom is -0.376 e. The van der Waals surface area contributed by atoms with E-state index in [0.29, 0.717) is 10.7 Å². The molecule has 1 aliphatic carbocycles. The Morgan fingerprint density at radius 2 is 2.00 bits per heavy atom. The van der Waals surface area contributed by atoms with Gasteiger partial charge in [0.15, 0.2) is 0 Å². The summed E-state index contributed by atoms with van der Waals surface area (Å²) in [5.74, 6) is 0.281. The first-order valence-electron chi connectivity index (χ1n) is 8.59. The Morgan fingerprint density at radius 1 is 1.24 bits per heavy atom. The van der Waals surface area contributed by atoms with Crippen molar-refractivity contribution >= 4 is 23.0 Å². The van der Waals surface area contributed by atoms with Crippen LogP contribution >= 0.6 is 11.6 Å². The summed E-state index contributed by atoms with van der Waals surface area (Å²) >= 11 is 6.40. The fourth-order valence-electron chi connectivity index (χ4n) is 4.10. The lowest BCUT2D eigenvalue weighted by molar-refractivity contribution is -0.385. The third kappa shape index (κ3) is 2.61. The van der Waals surface area contributed by atoms with Crippen molar-refractivity contribution in [3.8, 4) is 0 Å². The Morgan fingerprint density at radius 3 is 2.68 bits per heavy atom. The Labute approximate surface area is 151 Å². The Balaban J connectivity index is 1.82. The second kappa shape index (κ2) is 6.19. The molecule has 5 heteroatoms. The number of nitro groups is 1. The van der Waals surface area contributed by atoms with E-state index in [1.165, 1.54) is 17.2 Å². The summed E-state index contributed by atoms with van der Waals surface area (Å²) in [7, 11) is 0. The summed E-state index contributed by atoms with van der Waals surface area (Å²) in [4.78, 5) is 11.2. The molecule has 0 saturated heterocycles. The highest BCUT2D eigenvalue weighted by Crippen LogP contribution is 2.54. The van der Waals surface area contributed by atoms with Gasteiger partial charge in [-0.25, -0.2) is 0 Å². The molecule has 0 radical (unpaired) electrons. The van der Waals surface area contributed by atoms with Gasteiger partial charge in [-0.3, -0.25) is 10.1 Å². The smallest absolute Gasteiger partial charge is 0.275 e. The topological polar surface area (TPSA) is 55.2 Å². The van der Waals surface area contributed by atoms with Gasteiger partial charge in [0.05, 0.1) is 27.2 Å². The molecule has 1 heterocycles. The standard InChI is InChI=1S/C20H19ClN2O2/c1-2-12-6-8-13(9-7-12)19-15-5-3-4-14(15)18-17(23(24)25)11-10-16(21)20(18)22-19/h3-4,6-11,14-15,19,22H,2,5H2,1H3/t14-,15-,19-/m0/s1. The van der Waals surface area contributed by atoms with Crippen LogP contribution in [0.5, 0.6) is 0 Å². The predicted molar refractivity (Wildman–Crippen MR) is 100 cm³/mol. The van der Waals surface area contributed by atoms with Gasteiger partial charge in [0.1, 0.15) is 0 Å². The van der Waals surface area contributed by atoms with E-state index in [2.05, 4.69) is 48.7 Å². The second-order valence-corrected chi connectivity index (χ2v) is 7.09. The average Bonchev–Trinajstić information content (AvgIpc) is 3.11. The molecular weight excluding hydrogens is 336 g/mol. The van der Waals surface area contributed by atoms with Crippen molar-refractivity contribution in [2.24, 2.45) is 5.92 Å². The van der Waals surface area contributed by atoms with Crippen LogP contribution in [0.2, 0.25) is 5.02 Å². The van der Waals surface area contributed by atoms with Gasteiger partial charge in [0, 0.05) is 12.0 Å². The number of nitro benzene ring substituents is 1. The molecule has 25 heavy (non-hydrogen) atoms. The highest BCUT2D eigenvalue weighted by Gasteiger charge is 2.42. The van der Waals surface area contributed by atoms with Crippen LogP contribution in [0.4, 0.5) is 11.4 Å². The summed E-state index contributed by atoms with van der Waals surface area (Å²) < 4.78 is 0. The van der Waals surface area contributed by atoms with Gasteiger partial charge in [-0.15, -0.1) is 0 Å². The third-order valence-corrected chi connectivity index (χ3v) is 5.70. The number of anilines is 1. The van der Waals surface area contributed by atoms with Crippen LogP contribution in [0.25, 0.3) is 0 Å². The molecule has 2 aromatic carbocycles. The van der Waals surface area contributed by atoms with Crippen molar-refractivity contribution < 1.29 is 4.92 Å². The molecule has 1 N–H and O–H groups in total. The zero-order valence-corrected chi connectivity index (χ0v) is 14.7. The first-order valence-corrected chi connectivity index (χ1v) is 8.96. The molecule has 3 atom stereocenters. The zero-order chi connectivity index (χ0) is 17.6. The number of benzene rings is 2. The van der Waals surface area contributed by atoms with Crippen LogP contribution < -0.4 is 5.32 Å². The summed E-state index contributed by atoms with van der Waals surface area (Å²) in [5.41, 5.74) is 4.07. The molecule has 128 valence electrons. The highest BCUT2D eigenvalue weighted by atomic mass is 35.5. The van der Waals surface area contributed by atoms with Gasteiger partial charge in [-0.2, -0.15) is 0 Å². The fraction of sp³-hybridized carbons (Fsp3) is 0.300. The second-order valence-electron chi connectivity index (χ2n) is 6.68. The number of hydrogen-bond acceptors (Lipinski definition) is 3. The summed E-state index contributed by atoms with van der Waals surface area (Å²) in [6, 6.07) is 11.8. The van der Waals surface area contributed by atoms with E-state index in [-0.39, 0.29) is 28.5 Å². The Kier molecular flexibility index (Phi) is 4.00. The summed E-state index contributed by atoms with van der Waals surface area (Å²) in [5, 5.41) is 15.6. The molecule has 0 unspecified atom stereocenters. The number of fused-ring (bicyclic) bond motifs is 3. The SMILES string of the molecule is CCc1ccc([C@@H]2Nc3c(Cl)ccc([N+](=O)[O-])c3[C@H]3C=CC[C@@H]32)cc1. The molecular formula is C20H19ClN2O2. The fourth-order valence-corrected chi connectivity index (χ4v) is 4.32. The Bertz CT molecular complexity index is 861. The molecule has 2 aromatic rings. The van der Waals surface area contributed by atoms with Crippen LogP contribution in [0.15, 0.2) is 48.6 Å². The molecule has 0 aromatic heterocycles. The van der Waals surface area contributed by atoms with E-state index in [1.807, 2.05) is 0 Å². The van der Waals surface area contributed by atoms with Crippen molar-refractivity contribution in [3.05, 3.63) is 80.4 Å². The zero-order valence-electron chi connectivity index (χ0n) is 13.9. The average molecular weight is 355 g/mol. The molecule has 2 aliphatic rings. The van der Waals surface area contributed by atoms with Crippen molar-refractivity contribution in [2.75, 3.05) is 5.32 Å². The van der Waals surface area contributed by atoms with E-state index in [1.54, 1.807) is 6.07 Å². The van der Waals surface area contributed by atoms with Crippen molar-refractivity contribution in [3.63, 3.8) is 0 Å². The Hall–Kier alpha value is -2.33. The number of aryl methyl sites for hydroxylation is 1. The molecule has 4 nitrogen and oxygen atoms in total. The highest BCUT2D eigenvalue weighted by molar-refractivity contribution is 6.33. The van der Waals surface area contributed by atoms with Crippen LogP contribution in [0.1, 0.15) is 42.0 Å². The lowest BCUT2D eigenvalue weighted by atomic mass is 9.76. The number of hydrogen-bond donors (Lipinski definition) is 1. The van der Waals surface area contributed by atoms with Crippen molar-refractivity contribution in [2.45, 2.75) is 31.7 Å². The lowest BCUT2D eigenvalue weighted by Gasteiger charge is -2.37.